The number of amides is 1. The van der Waals surface area contributed by atoms with Crippen molar-refractivity contribution >= 4 is 17.4 Å². The Morgan fingerprint density at radius 1 is 1.22 bits per heavy atom. The molecule has 2 N–H and O–H groups in total. The lowest BCUT2D eigenvalue weighted by molar-refractivity contribution is -0.144. The predicted molar refractivity (Wildman–Crippen MR) is 79.8 cm³/mol. The van der Waals surface area contributed by atoms with Gasteiger partial charge in [-0.2, -0.15) is 0 Å². The molecular weight excluding hydrogens is 296 g/mol. The van der Waals surface area contributed by atoms with Gasteiger partial charge >= 0.3 is 0 Å². The molecule has 1 fully saturated rings. The number of para-hydroxylation sites is 1. The van der Waals surface area contributed by atoms with Crippen molar-refractivity contribution in [2.45, 2.75) is 30.3 Å². The van der Waals surface area contributed by atoms with Gasteiger partial charge in [0, 0.05) is 30.3 Å². The van der Waals surface area contributed by atoms with Crippen molar-refractivity contribution in [2.24, 2.45) is 0 Å². The quantitative estimate of drug-likeness (QED) is 0.770. The van der Waals surface area contributed by atoms with Gasteiger partial charge in [0.15, 0.2) is 17.1 Å². The maximum absolute atomic E-state index is 12.6. The molecule has 0 bridgehead atoms. The Bertz CT molecular complexity index is 873. The average molecular weight is 310 g/mol. The van der Waals surface area contributed by atoms with Crippen LogP contribution in [-0.2, 0) is 20.9 Å². The maximum atomic E-state index is 12.6. The number of nitrogens with one attached hydrogen (secondary N) is 1. The number of carbonyl (C=O) groups excluding carboxylic acids is 2. The molecule has 2 aromatic rings. The molecule has 0 unspecified atom stereocenters. The monoisotopic (exact) mass is 310 g/mol. The third-order valence-electron chi connectivity index (χ3n) is 5.17. The Kier molecular flexibility index (Phi) is 2.21. The van der Waals surface area contributed by atoms with E-state index in [1.165, 1.54) is 0 Å². The van der Waals surface area contributed by atoms with Crippen molar-refractivity contribution in [1.82, 2.24) is 4.57 Å². The smallest absolute Gasteiger partial charge is 0.261 e. The molecule has 3 atom stereocenters. The number of fused-ring (bicyclic) bond motifs is 5. The number of rotatable bonds is 0. The first kappa shape index (κ1) is 13.0. The van der Waals surface area contributed by atoms with Crippen LogP contribution < -0.4 is 5.32 Å². The number of carbonyl (C=O) groups is 2. The number of benzene rings is 1. The second-order valence-corrected chi connectivity index (χ2v) is 6.38. The molecule has 0 radical (unpaired) electrons. The molecule has 116 valence electrons. The van der Waals surface area contributed by atoms with E-state index in [0.717, 1.165) is 0 Å². The SMILES string of the molecule is O=C1C[C@@H]2O[C@@]3(C[C@]2(O)n2cccc21)C(=O)Nc1ccccc13. The maximum Gasteiger partial charge on any atom is 0.261 e. The summed E-state index contributed by atoms with van der Waals surface area (Å²) in [6, 6.07) is 10.7. The zero-order chi connectivity index (χ0) is 15.8. The fourth-order valence-electron chi connectivity index (χ4n) is 4.11. The summed E-state index contributed by atoms with van der Waals surface area (Å²) in [4.78, 5) is 24.9. The third-order valence-corrected chi connectivity index (χ3v) is 5.17. The number of ether oxygens (including phenoxy) is 1. The Labute approximate surface area is 131 Å². The van der Waals surface area contributed by atoms with Gasteiger partial charge in [0.2, 0.25) is 0 Å². The zero-order valence-electron chi connectivity index (χ0n) is 12.2. The second kappa shape index (κ2) is 3.90. The van der Waals surface area contributed by atoms with Crippen molar-refractivity contribution in [2.75, 3.05) is 5.32 Å². The summed E-state index contributed by atoms with van der Waals surface area (Å²) in [5.74, 6) is -0.379. The summed E-state index contributed by atoms with van der Waals surface area (Å²) in [5.41, 5.74) is -0.784. The second-order valence-electron chi connectivity index (χ2n) is 6.38. The third kappa shape index (κ3) is 1.40. The van der Waals surface area contributed by atoms with E-state index >= 15 is 0 Å². The molecule has 23 heavy (non-hydrogen) atoms. The van der Waals surface area contributed by atoms with E-state index in [1.54, 1.807) is 22.9 Å². The highest BCUT2D eigenvalue weighted by Crippen LogP contribution is 2.54. The highest BCUT2D eigenvalue weighted by atomic mass is 16.5. The van der Waals surface area contributed by atoms with Crippen molar-refractivity contribution < 1.29 is 19.4 Å². The lowest BCUT2D eigenvalue weighted by Gasteiger charge is -2.34. The van der Waals surface area contributed by atoms with Crippen LogP contribution in [0.2, 0.25) is 0 Å². The number of anilines is 1. The molecule has 1 amide bonds. The fraction of sp³-hybridized carbons (Fsp3) is 0.294. The standard InChI is InChI=1S/C17H14N2O4/c20-13-8-14-17(22,19-7-3-6-12(13)19)9-16(23-14)10-4-1-2-5-11(10)18-15(16)21/h1-7,14,22H,8-9H2,(H,18,21)/t14-,16+,17+/m0/s1. The molecule has 4 heterocycles. The lowest BCUT2D eigenvalue weighted by atomic mass is 9.86. The Hall–Kier alpha value is -2.44. The highest BCUT2D eigenvalue weighted by Gasteiger charge is 2.65. The topological polar surface area (TPSA) is 80.6 Å². The van der Waals surface area contributed by atoms with Gasteiger partial charge in [-0.15, -0.1) is 0 Å². The first-order chi connectivity index (χ1) is 11.0. The van der Waals surface area contributed by atoms with Crippen LogP contribution in [0.1, 0.15) is 28.9 Å². The van der Waals surface area contributed by atoms with Gasteiger partial charge < -0.3 is 19.7 Å². The lowest BCUT2D eigenvalue weighted by Crippen LogP contribution is -2.47. The van der Waals surface area contributed by atoms with Crippen molar-refractivity contribution in [3.63, 3.8) is 0 Å². The van der Waals surface area contributed by atoms with Crippen LogP contribution in [0.25, 0.3) is 0 Å². The van der Waals surface area contributed by atoms with Crippen molar-refractivity contribution in [1.29, 1.82) is 0 Å². The van der Waals surface area contributed by atoms with E-state index in [0.29, 0.717) is 16.9 Å². The van der Waals surface area contributed by atoms with Gasteiger partial charge in [0.05, 0.1) is 5.69 Å². The van der Waals surface area contributed by atoms with Crippen LogP contribution in [0.3, 0.4) is 0 Å². The summed E-state index contributed by atoms with van der Waals surface area (Å²) in [6.07, 6.45) is 1.08. The van der Waals surface area contributed by atoms with Crippen LogP contribution in [0.4, 0.5) is 5.69 Å². The highest BCUT2D eigenvalue weighted by molar-refractivity contribution is 6.05. The molecule has 3 aliphatic heterocycles. The van der Waals surface area contributed by atoms with Gasteiger partial charge in [-0.1, -0.05) is 18.2 Å². The van der Waals surface area contributed by atoms with Gasteiger partial charge in [-0.25, -0.2) is 0 Å². The minimum atomic E-state index is -1.40. The van der Waals surface area contributed by atoms with Crippen LogP contribution >= 0.6 is 0 Å². The Morgan fingerprint density at radius 2 is 2.04 bits per heavy atom. The van der Waals surface area contributed by atoms with Crippen LogP contribution in [-0.4, -0.2) is 27.5 Å². The molecular formula is C17H14N2O4. The van der Waals surface area contributed by atoms with Crippen LogP contribution in [0.15, 0.2) is 42.6 Å². The number of aliphatic hydroxyl groups is 1. The minimum Gasteiger partial charge on any atom is -0.368 e. The molecule has 0 saturated carbocycles. The largest absolute Gasteiger partial charge is 0.368 e. The first-order valence-corrected chi connectivity index (χ1v) is 7.57. The van der Waals surface area contributed by atoms with E-state index in [9.17, 15) is 14.7 Å². The molecule has 1 spiro atoms. The minimum absolute atomic E-state index is 0.0672. The summed E-state index contributed by atoms with van der Waals surface area (Å²) in [6.45, 7) is 0. The van der Waals surface area contributed by atoms with E-state index < -0.39 is 17.4 Å². The molecule has 6 heteroatoms. The molecule has 1 aromatic carbocycles. The fourth-order valence-corrected chi connectivity index (χ4v) is 4.11. The number of ketones is 1. The summed E-state index contributed by atoms with van der Waals surface area (Å²) >= 11 is 0. The van der Waals surface area contributed by atoms with Gasteiger partial charge in [-0.05, 0) is 18.2 Å². The number of hydrogen-bond donors (Lipinski definition) is 2. The Balaban J connectivity index is 1.69. The van der Waals surface area contributed by atoms with E-state index in [2.05, 4.69) is 5.32 Å². The van der Waals surface area contributed by atoms with Gasteiger partial charge in [0.1, 0.15) is 6.10 Å². The first-order valence-electron chi connectivity index (χ1n) is 7.57. The Morgan fingerprint density at radius 3 is 2.91 bits per heavy atom. The van der Waals surface area contributed by atoms with Crippen LogP contribution in [0, 0.1) is 0 Å². The predicted octanol–water partition coefficient (Wildman–Crippen LogP) is 1.36. The van der Waals surface area contributed by atoms with E-state index in [-0.39, 0.29) is 24.5 Å². The summed E-state index contributed by atoms with van der Waals surface area (Å²) in [5, 5.41) is 14.1. The summed E-state index contributed by atoms with van der Waals surface area (Å²) in [7, 11) is 0. The zero-order valence-corrected chi connectivity index (χ0v) is 12.2. The number of hydrogen-bond acceptors (Lipinski definition) is 4. The van der Waals surface area contributed by atoms with E-state index in [1.807, 2.05) is 24.3 Å². The molecule has 3 aliphatic rings. The normalized spacial score (nSPS) is 34.2. The van der Waals surface area contributed by atoms with E-state index in [4.69, 9.17) is 4.74 Å². The molecule has 1 saturated heterocycles. The van der Waals surface area contributed by atoms with Crippen molar-refractivity contribution in [3.05, 3.63) is 53.9 Å². The molecule has 5 rings (SSSR count). The molecule has 1 aromatic heterocycles. The molecule has 6 nitrogen and oxygen atoms in total. The average Bonchev–Trinajstić information content (AvgIpc) is 3.18. The van der Waals surface area contributed by atoms with Gasteiger partial charge in [0.25, 0.3) is 5.91 Å². The number of aromatic nitrogens is 1. The van der Waals surface area contributed by atoms with Gasteiger partial charge in [-0.3, -0.25) is 9.59 Å². The van der Waals surface area contributed by atoms with Crippen molar-refractivity contribution in [3.8, 4) is 0 Å². The number of nitrogens with zero attached hydrogens (tertiary/aromatic N) is 1. The summed E-state index contributed by atoms with van der Waals surface area (Å²) < 4.78 is 7.60. The number of Topliss-reactive ketones (excluding diaryl/α,β-unsaturated/α-hetero) is 1. The van der Waals surface area contributed by atoms with Crippen LogP contribution in [0.5, 0.6) is 0 Å². The molecule has 0 aliphatic carbocycles.